The Morgan fingerprint density at radius 1 is 1.45 bits per heavy atom. The first-order valence-corrected chi connectivity index (χ1v) is 6.11. The molecule has 1 heterocycles. The third-order valence-corrected chi connectivity index (χ3v) is 2.53. The van der Waals surface area contributed by atoms with Crippen LogP contribution >= 0.6 is 0 Å². The molecule has 1 atom stereocenters. The van der Waals surface area contributed by atoms with Gasteiger partial charge in [0.05, 0.1) is 13.4 Å². The Morgan fingerprint density at radius 3 is 2.75 bits per heavy atom. The van der Waals surface area contributed by atoms with Crippen molar-refractivity contribution in [1.29, 1.82) is 0 Å². The zero-order valence-electron chi connectivity index (χ0n) is 11.4. The van der Waals surface area contributed by atoms with Crippen molar-refractivity contribution < 1.29 is 19.1 Å². The largest absolute Gasteiger partial charge is 0.467 e. The Balaban J connectivity index is 2.49. The molecule has 0 radical (unpaired) electrons. The van der Waals surface area contributed by atoms with Crippen molar-refractivity contribution >= 4 is 17.8 Å². The summed E-state index contributed by atoms with van der Waals surface area (Å²) in [4.78, 5) is 40.7. The van der Waals surface area contributed by atoms with Crippen molar-refractivity contribution in [3.8, 4) is 0 Å². The zero-order valence-corrected chi connectivity index (χ0v) is 11.4. The van der Waals surface area contributed by atoms with E-state index in [0.29, 0.717) is 5.69 Å². The fourth-order valence-corrected chi connectivity index (χ4v) is 1.57. The van der Waals surface area contributed by atoms with Crippen molar-refractivity contribution in [1.82, 2.24) is 20.6 Å². The number of methoxy groups -OCH3 is 1. The van der Waals surface area contributed by atoms with Crippen LogP contribution in [0.25, 0.3) is 0 Å². The summed E-state index contributed by atoms with van der Waals surface area (Å²) in [6.07, 6.45) is 3.41. The second-order valence-electron chi connectivity index (χ2n) is 4.16. The van der Waals surface area contributed by atoms with Crippen molar-refractivity contribution in [2.45, 2.75) is 25.8 Å². The van der Waals surface area contributed by atoms with Crippen molar-refractivity contribution in [2.24, 2.45) is 0 Å². The van der Waals surface area contributed by atoms with Gasteiger partial charge in [0.1, 0.15) is 6.04 Å². The number of rotatable bonds is 7. The van der Waals surface area contributed by atoms with Gasteiger partial charge in [0, 0.05) is 38.2 Å². The first-order chi connectivity index (χ1) is 9.52. The van der Waals surface area contributed by atoms with E-state index in [1.807, 2.05) is 0 Å². The zero-order chi connectivity index (χ0) is 15.0. The Morgan fingerprint density at radius 2 is 2.20 bits per heavy atom. The molecule has 0 fully saturated rings. The average molecular weight is 282 g/mol. The van der Waals surface area contributed by atoms with Gasteiger partial charge in [-0.2, -0.15) is 0 Å². The molecule has 0 unspecified atom stereocenters. The summed E-state index contributed by atoms with van der Waals surface area (Å²) in [6.45, 7) is 1.59. The molecular formula is C12H18N4O4. The fraction of sp³-hybridized carbons (Fsp3) is 0.500. The Kier molecular flexibility index (Phi) is 6.21. The van der Waals surface area contributed by atoms with Crippen molar-refractivity contribution in [3.63, 3.8) is 0 Å². The molecule has 0 saturated carbocycles. The maximum atomic E-state index is 11.7. The molecule has 0 aliphatic heterocycles. The smallest absolute Gasteiger partial charge is 0.328 e. The van der Waals surface area contributed by atoms with Gasteiger partial charge in [0.15, 0.2) is 0 Å². The van der Waals surface area contributed by atoms with Gasteiger partial charge < -0.3 is 20.4 Å². The van der Waals surface area contributed by atoms with Gasteiger partial charge in [-0.1, -0.05) is 0 Å². The lowest BCUT2D eigenvalue weighted by Crippen LogP contribution is -2.44. The molecule has 0 bridgehead atoms. The Labute approximate surface area is 116 Å². The quantitative estimate of drug-likeness (QED) is 0.563. The minimum Gasteiger partial charge on any atom is -0.467 e. The minimum absolute atomic E-state index is 0.0933. The van der Waals surface area contributed by atoms with E-state index in [0.717, 1.165) is 0 Å². The van der Waals surface area contributed by atoms with Crippen LogP contribution in [0.5, 0.6) is 0 Å². The summed E-state index contributed by atoms with van der Waals surface area (Å²) >= 11 is 0. The van der Waals surface area contributed by atoms with E-state index in [-0.39, 0.29) is 31.2 Å². The summed E-state index contributed by atoms with van der Waals surface area (Å²) in [7, 11) is 1.26. The van der Waals surface area contributed by atoms with Crippen LogP contribution < -0.4 is 10.6 Å². The highest BCUT2D eigenvalue weighted by atomic mass is 16.5. The van der Waals surface area contributed by atoms with Gasteiger partial charge in [-0.3, -0.25) is 9.59 Å². The predicted octanol–water partition coefficient (Wildman–Crippen LogP) is -0.864. The molecular weight excluding hydrogens is 264 g/mol. The van der Waals surface area contributed by atoms with Crippen LogP contribution in [0.1, 0.15) is 19.0 Å². The Hall–Kier alpha value is -2.38. The molecule has 110 valence electrons. The number of H-pyrrole nitrogens is 1. The molecule has 0 spiro atoms. The number of imidazole rings is 1. The lowest BCUT2D eigenvalue weighted by molar-refractivity contribution is -0.145. The molecule has 0 saturated heterocycles. The van der Waals surface area contributed by atoms with Gasteiger partial charge in [-0.25, -0.2) is 9.78 Å². The van der Waals surface area contributed by atoms with E-state index in [1.165, 1.54) is 20.4 Å². The van der Waals surface area contributed by atoms with E-state index in [4.69, 9.17) is 0 Å². The number of aromatic amines is 1. The SMILES string of the molecule is COC(=O)[C@@H](Cc1cnc[nH]1)NC(=O)CCNC(C)=O. The molecule has 3 N–H and O–H groups in total. The number of hydrogen-bond acceptors (Lipinski definition) is 5. The average Bonchev–Trinajstić information content (AvgIpc) is 2.89. The van der Waals surface area contributed by atoms with E-state index in [9.17, 15) is 14.4 Å². The van der Waals surface area contributed by atoms with E-state index >= 15 is 0 Å². The van der Waals surface area contributed by atoms with Crippen LogP contribution in [0.3, 0.4) is 0 Å². The minimum atomic E-state index is -0.787. The first-order valence-electron chi connectivity index (χ1n) is 6.11. The maximum Gasteiger partial charge on any atom is 0.328 e. The summed E-state index contributed by atoms with van der Waals surface area (Å²) < 4.78 is 4.65. The normalized spacial score (nSPS) is 11.5. The number of nitrogens with zero attached hydrogens (tertiary/aromatic N) is 1. The standard InChI is InChI=1S/C12H18N4O4/c1-8(17)14-4-3-11(18)16-10(12(19)20-2)5-9-6-13-7-15-9/h6-7,10H,3-5H2,1-2H3,(H,13,15)(H,14,17)(H,16,18)/t10-/m1/s1. The highest BCUT2D eigenvalue weighted by molar-refractivity contribution is 5.85. The number of nitrogens with one attached hydrogen (secondary N) is 3. The fourth-order valence-electron chi connectivity index (χ4n) is 1.57. The molecule has 0 aliphatic carbocycles. The third kappa shape index (κ3) is 5.51. The Bertz CT molecular complexity index is 458. The van der Waals surface area contributed by atoms with Crippen LogP contribution in [0.15, 0.2) is 12.5 Å². The molecule has 0 aliphatic rings. The number of ether oxygens (including phenoxy) is 1. The number of amides is 2. The lowest BCUT2D eigenvalue weighted by Gasteiger charge is -2.15. The maximum absolute atomic E-state index is 11.7. The molecule has 2 amide bonds. The van der Waals surface area contributed by atoms with Crippen molar-refractivity contribution in [2.75, 3.05) is 13.7 Å². The molecule has 1 aromatic rings. The third-order valence-electron chi connectivity index (χ3n) is 2.53. The van der Waals surface area contributed by atoms with E-state index < -0.39 is 12.0 Å². The molecule has 8 heteroatoms. The highest BCUT2D eigenvalue weighted by Crippen LogP contribution is 2.01. The molecule has 1 rings (SSSR count). The van der Waals surface area contributed by atoms with Gasteiger partial charge >= 0.3 is 5.97 Å². The van der Waals surface area contributed by atoms with Gasteiger partial charge in [0.2, 0.25) is 11.8 Å². The second kappa shape index (κ2) is 7.93. The van der Waals surface area contributed by atoms with E-state index in [1.54, 1.807) is 6.20 Å². The summed E-state index contributed by atoms with van der Waals surface area (Å²) in [5.74, 6) is -1.08. The van der Waals surface area contributed by atoms with Gasteiger partial charge in [0.25, 0.3) is 0 Å². The molecule has 1 aromatic heterocycles. The monoisotopic (exact) mass is 282 g/mol. The molecule has 0 aromatic carbocycles. The van der Waals surface area contributed by atoms with Crippen LogP contribution in [-0.4, -0.2) is 47.4 Å². The predicted molar refractivity (Wildman–Crippen MR) is 69.5 cm³/mol. The molecule has 8 nitrogen and oxygen atoms in total. The van der Waals surface area contributed by atoms with Crippen LogP contribution in [0.4, 0.5) is 0 Å². The first kappa shape index (κ1) is 15.7. The van der Waals surface area contributed by atoms with Crippen LogP contribution in [0.2, 0.25) is 0 Å². The van der Waals surface area contributed by atoms with Crippen LogP contribution in [-0.2, 0) is 25.5 Å². The number of esters is 1. The summed E-state index contributed by atoms with van der Waals surface area (Å²) in [5.41, 5.74) is 0.711. The number of hydrogen-bond donors (Lipinski definition) is 3. The van der Waals surface area contributed by atoms with Gasteiger partial charge in [-0.15, -0.1) is 0 Å². The number of carbonyl (C=O) groups excluding carboxylic acids is 3. The molecule has 20 heavy (non-hydrogen) atoms. The summed E-state index contributed by atoms with van der Waals surface area (Å²) in [5, 5.41) is 5.07. The second-order valence-corrected chi connectivity index (χ2v) is 4.16. The summed E-state index contributed by atoms with van der Waals surface area (Å²) in [6, 6.07) is -0.787. The van der Waals surface area contributed by atoms with Gasteiger partial charge in [-0.05, 0) is 0 Å². The lowest BCUT2D eigenvalue weighted by atomic mass is 10.1. The van der Waals surface area contributed by atoms with E-state index in [2.05, 4.69) is 25.3 Å². The van der Waals surface area contributed by atoms with Crippen molar-refractivity contribution in [3.05, 3.63) is 18.2 Å². The highest BCUT2D eigenvalue weighted by Gasteiger charge is 2.22. The number of carbonyl (C=O) groups is 3. The number of aromatic nitrogens is 2. The topological polar surface area (TPSA) is 113 Å². The van der Waals surface area contributed by atoms with Crippen LogP contribution in [0, 0.1) is 0 Å².